The van der Waals surface area contributed by atoms with Crippen molar-refractivity contribution >= 4 is 17.9 Å². The number of hydrogen-bond donors (Lipinski definition) is 1. The number of carbonyl (C=O) groups is 2. The van der Waals surface area contributed by atoms with Gasteiger partial charge in [-0.2, -0.15) is 0 Å². The molecule has 0 unspecified atom stereocenters. The van der Waals surface area contributed by atoms with Crippen molar-refractivity contribution in [2.24, 2.45) is 28.1 Å². The highest BCUT2D eigenvalue weighted by Crippen LogP contribution is 2.43. The van der Waals surface area contributed by atoms with Gasteiger partial charge in [0.15, 0.2) is 0 Å². The van der Waals surface area contributed by atoms with Crippen LogP contribution in [0.2, 0.25) is 0 Å². The summed E-state index contributed by atoms with van der Waals surface area (Å²) in [5.41, 5.74) is 4.28. The lowest BCUT2D eigenvalue weighted by Gasteiger charge is -2.42. The lowest BCUT2D eigenvalue weighted by atomic mass is 9.70. The number of ether oxygens (including phenoxy) is 1. The summed E-state index contributed by atoms with van der Waals surface area (Å²) in [7, 11) is 0. The third-order valence-electron chi connectivity index (χ3n) is 5.56. The number of rotatable bonds is 4. The zero-order valence-electron chi connectivity index (χ0n) is 17.3. The summed E-state index contributed by atoms with van der Waals surface area (Å²) in [4.78, 5) is 31.6. The molecule has 2 N–H and O–H groups in total. The van der Waals surface area contributed by atoms with Gasteiger partial charge in [-0.05, 0) is 39.5 Å². The zero-order valence-corrected chi connectivity index (χ0v) is 17.3. The van der Waals surface area contributed by atoms with E-state index in [2.05, 4.69) is 5.16 Å². The average Bonchev–Trinajstić information content (AvgIpc) is 2.55. The Bertz CT molecular complexity index is 628. The maximum atomic E-state index is 12.9. The van der Waals surface area contributed by atoms with Crippen LogP contribution >= 0.6 is 0 Å². The Balaban J connectivity index is 1.97. The van der Waals surface area contributed by atoms with Gasteiger partial charge in [0.25, 0.3) is 0 Å². The Hall–Kier alpha value is -1.93. The maximum absolute atomic E-state index is 12.9. The van der Waals surface area contributed by atoms with Crippen molar-refractivity contribution in [2.45, 2.75) is 71.8 Å². The number of likely N-dealkylation sites (tertiary alicyclic amines) is 1. The molecule has 28 heavy (non-hydrogen) atoms. The molecular formula is C19H31F2N3O4. The number of oxime groups is 1. The van der Waals surface area contributed by atoms with E-state index < -0.39 is 34.9 Å². The van der Waals surface area contributed by atoms with E-state index in [1.165, 1.54) is 0 Å². The van der Waals surface area contributed by atoms with Crippen molar-refractivity contribution < 1.29 is 27.9 Å². The highest BCUT2D eigenvalue weighted by atomic mass is 19.3. The molecule has 1 amide bonds. The van der Waals surface area contributed by atoms with Crippen LogP contribution < -0.4 is 5.73 Å². The van der Waals surface area contributed by atoms with E-state index in [4.69, 9.17) is 15.3 Å². The molecule has 1 heterocycles. The minimum absolute atomic E-state index is 0.0507. The van der Waals surface area contributed by atoms with Gasteiger partial charge in [0, 0.05) is 31.8 Å². The van der Waals surface area contributed by atoms with E-state index in [1.807, 2.05) is 13.8 Å². The first kappa shape index (κ1) is 22.4. The van der Waals surface area contributed by atoms with Crippen LogP contribution in [0.4, 0.5) is 13.6 Å². The predicted octanol–water partition coefficient (Wildman–Crippen LogP) is 3.52. The number of carbonyl (C=O) groups excluding carboxylic acids is 2. The van der Waals surface area contributed by atoms with E-state index in [1.54, 1.807) is 25.7 Å². The van der Waals surface area contributed by atoms with Crippen LogP contribution in [-0.4, -0.2) is 47.4 Å². The van der Waals surface area contributed by atoms with Gasteiger partial charge in [0.2, 0.25) is 5.92 Å². The lowest BCUT2D eigenvalue weighted by Crippen LogP contribution is -2.50. The summed E-state index contributed by atoms with van der Waals surface area (Å²) in [5.74, 6) is -3.95. The molecule has 0 radical (unpaired) electrons. The fourth-order valence-corrected chi connectivity index (χ4v) is 3.56. The van der Waals surface area contributed by atoms with Crippen molar-refractivity contribution in [1.82, 2.24) is 4.90 Å². The lowest BCUT2D eigenvalue weighted by molar-refractivity contribution is -0.163. The molecule has 0 bridgehead atoms. The number of amides is 1. The quantitative estimate of drug-likeness (QED) is 0.335. The average molecular weight is 403 g/mol. The summed E-state index contributed by atoms with van der Waals surface area (Å²) in [6, 6.07) is 0. The second kappa shape index (κ2) is 7.83. The normalized spacial score (nSPS) is 22.6. The number of nitrogens with zero attached hydrogens (tertiary/aromatic N) is 2. The van der Waals surface area contributed by atoms with Crippen LogP contribution in [0.1, 0.15) is 60.3 Å². The van der Waals surface area contributed by atoms with E-state index in [0.29, 0.717) is 25.9 Å². The van der Waals surface area contributed by atoms with Crippen LogP contribution in [0, 0.1) is 17.3 Å². The second-order valence-corrected chi connectivity index (χ2v) is 9.13. The standard InChI is InChI=1S/C19H31F2N3O4/c1-12(2)18(6-8-24(9-7-18)16(26)27-17(3,4)5)15(25)28-23-14(22)13-10-19(20,21)11-13/h12-13H,6-11H2,1-5H3,(H2,22,23). The Labute approximate surface area is 164 Å². The van der Waals surface area contributed by atoms with Crippen LogP contribution in [0.25, 0.3) is 0 Å². The Morgan fingerprint density at radius 2 is 1.71 bits per heavy atom. The van der Waals surface area contributed by atoms with Gasteiger partial charge in [0.05, 0.1) is 5.41 Å². The fourth-order valence-electron chi connectivity index (χ4n) is 3.56. The van der Waals surface area contributed by atoms with E-state index >= 15 is 0 Å². The largest absolute Gasteiger partial charge is 0.444 e. The molecule has 0 aromatic rings. The van der Waals surface area contributed by atoms with Gasteiger partial charge in [-0.3, -0.25) is 0 Å². The van der Waals surface area contributed by atoms with Crippen LogP contribution in [0.3, 0.4) is 0 Å². The molecule has 1 aliphatic carbocycles. The van der Waals surface area contributed by atoms with Crippen molar-refractivity contribution in [1.29, 1.82) is 0 Å². The number of nitrogens with two attached hydrogens (primary N) is 1. The van der Waals surface area contributed by atoms with Gasteiger partial charge in [-0.25, -0.2) is 18.4 Å². The zero-order chi connectivity index (χ0) is 21.3. The molecule has 2 aliphatic rings. The monoisotopic (exact) mass is 403 g/mol. The van der Waals surface area contributed by atoms with E-state index in [0.717, 1.165) is 0 Å². The minimum Gasteiger partial charge on any atom is -0.444 e. The number of halogens is 2. The molecule has 2 fully saturated rings. The molecule has 7 nitrogen and oxygen atoms in total. The first-order valence-electron chi connectivity index (χ1n) is 9.66. The van der Waals surface area contributed by atoms with Crippen molar-refractivity contribution in [3.05, 3.63) is 0 Å². The van der Waals surface area contributed by atoms with Gasteiger partial charge in [-0.1, -0.05) is 19.0 Å². The highest BCUT2D eigenvalue weighted by Gasteiger charge is 2.49. The Morgan fingerprint density at radius 3 is 2.14 bits per heavy atom. The molecule has 2 rings (SSSR count). The number of piperidine rings is 1. The number of alkyl halides is 2. The predicted molar refractivity (Wildman–Crippen MR) is 99.7 cm³/mol. The van der Waals surface area contributed by atoms with Crippen molar-refractivity contribution in [3.8, 4) is 0 Å². The number of amidine groups is 1. The summed E-state index contributed by atoms with van der Waals surface area (Å²) >= 11 is 0. The topological polar surface area (TPSA) is 94.2 Å². The third kappa shape index (κ3) is 5.11. The number of hydrogen-bond acceptors (Lipinski definition) is 5. The second-order valence-electron chi connectivity index (χ2n) is 9.13. The first-order chi connectivity index (χ1) is 12.8. The van der Waals surface area contributed by atoms with Gasteiger partial charge < -0.3 is 20.2 Å². The van der Waals surface area contributed by atoms with Crippen molar-refractivity contribution in [3.63, 3.8) is 0 Å². The van der Waals surface area contributed by atoms with Gasteiger partial charge in [-0.15, -0.1) is 0 Å². The van der Waals surface area contributed by atoms with Gasteiger partial charge in [0.1, 0.15) is 11.4 Å². The van der Waals surface area contributed by atoms with E-state index in [9.17, 15) is 18.4 Å². The first-order valence-corrected chi connectivity index (χ1v) is 9.66. The molecule has 1 saturated heterocycles. The SMILES string of the molecule is CC(C)C1(C(=O)O/N=C(\N)C2CC(F)(F)C2)CCN(C(=O)OC(C)(C)C)CC1. The van der Waals surface area contributed by atoms with Crippen LogP contribution in [-0.2, 0) is 14.4 Å². The maximum Gasteiger partial charge on any atom is 0.410 e. The van der Waals surface area contributed by atoms with E-state index in [-0.39, 0.29) is 24.6 Å². The molecule has 160 valence electrons. The molecule has 0 aromatic carbocycles. The van der Waals surface area contributed by atoms with Crippen LogP contribution in [0.5, 0.6) is 0 Å². The molecule has 1 saturated carbocycles. The Morgan fingerprint density at radius 1 is 1.18 bits per heavy atom. The molecule has 0 aromatic heterocycles. The summed E-state index contributed by atoms with van der Waals surface area (Å²) in [6.07, 6.45) is -0.356. The molecule has 0 spiro atoms. The Kier molecular flexibility index (Phi) is 6.25. The van der Waals surface area contributed by atoms with Crippen LogP contribution in [0.15, 0.2) is 5.16 Å². The van der Waals surface area contributed by atoms with Crippen molar-refractivity contribution in [2.75, 3.05) is 13.1 Å². The minimum atomic E-state index is -2.72. The molecule has 9 heteroatoms. The molecule has 1 aliphatic heterocycles. The molecular weight excluding hydrogens is 372 g/mol. The summed E-state index contributed by atoms with van der Waals surface area (Å²) in [6.45, 7) is 9.92. The summed E-state index contributed by atoms with van der Waals surface area (Å²) in [5, 5.41) is 3.62. The fraction of sp³-hybridized carbons (Fsp3) is 0.842. The smallest absolute Gasteiger partial charge is 0.410 e. The van der Waals surface area contributed by atoms with Gasteiger partial charge >= 0.3 is 12.1 Å². The highest BCUT2D eigenvalue weighted by molar-refractivity contribution is 5.85. The summed E-state index contributed by atoms with van der Waals surface area (Å²) < 4.78 is 31.3. The third-order valence-corrected chi connectivity index (χ3v) is 5.56. The molecule has 0 atom stereocenters.